The minimum absolute atomic E-state index is 0.0983. The molecule has 1 unspecified atom stereocenters. The van der Waals surface area contributed by atoms with Gasteiger partial charge in [-0.15, -0.1) is 0 Å². The molecule has 6 nitrogen and oxygen atoms in total. The molecule has 0 bridgehead atoms. The fourth-order valence-electron chi connectivity index (χ4n) is 1.29. The molecule has 0 saturated heterocycles. The molecule has 15 heavy (non-hydrogen) atoms. The van der Waals surface area contributed by atoms with Crippen molar-refractivity contribution in [2.24, 2.45) is 0 Å². The molecule has 0 heterocycles. The number of hydrogen-bond acceptors (Lipinski definition) is 4. The van der Waals surface area contributed by atoms with E-state index in [2.05, 4.69) is 10.1 Å². The van der Waals surface area contributed by atoms with Crippen LogP contribution in [0.15, 0.2) is 0 Å². The molecule has 0 aromatic rings. The summed E-state index contributed by atoms with van der Waals surface area (Å²) in [4.78, 5) is 21.8. The van der Waals surface area contributed by atoms with Crippen LogP contribution >= 0.6 is 0 Å². The fraction of sp³-hybridized carbons (Fsp3) is 0.778. The van der Waals surface area contributed by atoms with Crippen LogP contribution in [-0.2, 0) is 19.1 Å². The van der Waals surface area contributed by atoms with Gasteiger partial charge in [0.1, 0.15) is 6.61 Å². The van der Waals surface area contributed by atoms with Crippen LogP contribution in [0.4, 0.5) is 0 Å². The number of amides is 1. The van der Waals surface area contributed by atoms with Gasteiger partial charge in [-0.25, -0.2) is 0 Å². The monoisotopic (exact) mass is 219 g/mol. The molecule has 0 fully saturated rings. The van der Waals surface area contributed by atoms with Crippen LogP contribution in [0, 0.1) is 0 Å². The molecule has 0 radical (unpaired) electrons. The number of hydrogen-bond donors (Lipinski definition) is 2. The number of carboxylic acid groups (broad SMARTS) is 1. The number of carbonyl (C=O) groups excluding carboxylic acids is 1. The zero-order chi connectivity index (χ0) is 11.9. The highest BCUT2D eigenvalue weighted by Gasteiger charge is 2.29. The Morgan fingerprint density at radius 1 is 1.33 bits per heavy atom. The number of ether oxygens (including phenoxy) is 2. The smallest absolute Gasteiger partial charge is 0.305 e. The highest BCUT2D eigenvalue weighted by molar-refractivity contribution is 5.79. The summed E-state index contributed by atoms with van der Waals surface area (Å²) in [5, 5.41) is 11.2. The van der Waals surface area contributed by atoms with Crippen LogP contribution in [0.25, 0.3) is 0 Å². The van der Waals surface area contributed by atoms with Crippen LogP contribution in [-0.4, -0.2) is 50.0 Å². The van der Waals surface area contributed by atoms with Crippen LogP contribution in [0.1, 0.15) is 13.3 Å². The van der Waals surface area contributed by atoms with Gasteiger partial charge in [-0.05, 0) is 6.92 Å². The maximum Gasteiger partial charge on any atom is 0.305 e. The molecule has 0 aliphatic heterocycles. The predicted octanol–water partition coefficient (Wildman–Crippen LogP) is -0.371. The van der Waals surface area contributed by atoms with E-state index < -0.39 is 11.5 Å². The van der Waals surface area contributed by atoms with Gasteiger partial charge in [-0.3, -0.25) is 9.59 Å². The summed E-state index contributed by atoms with van der Waals surface area (Å²) in [7, 11) is 2.84. The van der Waals surface area contributed by atoms with E-state index in [0.717, 1.165) is 0 Å². The van der Waals surface area contributed by atoms with Crippen LogP contribution in [0.5, 0.6) is 0 Å². The molecule has 1 atom stereocenters. The van der Waals surface area contributed by atoms with Gasteiger partial charge in [-0.1, -0.05) is 0 Å². The Kier molecular flexibility index (Phi) is 5.88. The second-order valence-electron chi connectivity index (χ2n) is 3.55. The lowest BCUT2D eigenvalue weighted by Crippen LogP contribution is -2.51. The Morgan fingerprint density at radius 2 is 1.93 bits per heavy atom. The van der Waals surface area contributed by atoms with Gasteiger partial charge in [0.2, 0.25) is 5.91 Å². The van der Waals surface area contributed by atoms with Crippen LogP contribution in [0.3, 0.4) is 0 Å². The van der Waals surface area contributed by atoms with Crippen molar-refractivity contribution in [3.8, 4) is 0 Å². The quantitative estimate of drug-likeness (QED) is 0.610. The summed E-state index contributed by atoms with van der Waals surface area (Å²) in [6.07, 6.45) is -0.198. The molecule has 0 saturated carbocycles. The standard InChI is InChI=1S/C9H17NO5/c1-9(6-15-3,4-8(12)13)10-7(11)5-14-2/h4-6H2,1-3H3,(H,10,11)(H,12,13). The summed E-state index contributed by atoms with van der Waals surface area (Å²) in [6.45, 7) is 1.64. The maximum atomic E-state index is 11.2. The lowest BCUT2D eigenvalue weighted by atomic mass is 9.99. The molecule has 0 aromatic carbocycles. The number of carbonyl (C=O) groups is 2. The van der Waals surface area contributed by atoms with Crippen molar-refractivity contribution >= 4 is 11.9 Å². The zero-order valence-electron chi connectivity index (χ0n) is 9.20. The highest BCUT2D eigenvalue weighted by atomic mass is 16.5. The second-order valence-corrected chi connectivity index (χ2v) is 3.55. The van der Waals surface area contributed by atoms with Gasteiger partial charge in [0.15, 0.2) is 0 Å². The third-order valence-corrected chi connectivity index (χ3v) is 1.72. The molecule has 6 heteroatoms. The largest absolute Gasteiger partial charge is 0.481 e. The predicted molar refractivity (Wildman–Crippen MR) is 52.6 cm³/mol. The average molecular weight is 219 g/mol. The van der Waals surface area contributed by atoms with E-state index in [1.165, 1.54) is 14.2 Å². The second kappa shape index (κ2) is 6.36. The van der Waals surface area contributed by atoms with E-state index in [1.807, 2.05) is 0 Å². The molecular formula is C9H17NO5. The van der Waals surface area contributed by atoms with E-state index in [0.29, 0.717) is 0 Å². The van der Waals surface area contributed by atoms with Gasteiger partial charge in [0.25, 0.3) is 0 Å². The van der Waals surface area contributed by atoms with Crippen LogP contribution < -0.4 is 5.32 Å². The Hall–Kier alpha value is -1.14. The first-order valence-corrected chi connectivity index (χ1v) is 4.44. The molecule has 0 aromatic heterocycles. The molecule has 1 amide bonds. The van der Waals surface area contributed by atoms with E-state index in [4.69, 9.17) is 9.84 Å². The molecule has 2 N–H and O–H groups in total. The van der Waals surface area contributed by atoms with Gasteiger partial charge < -0.3 is 19.9 Å². The van der Waals surface area contributed by atoms with Crippen molar-refractivity contribution in [3.63, 3.8) is 0 Å². The highest BCUT2D eigenvalue weighted by Crippen LogP contribution is 2.10. The third-order valence-electron chi connectivity index (χ3n) is 1.72. The number of methoxy groups -OCH3 is 2. The van der Waals surface area contributed by atoms with Crippen molar-refractivity contribution in [1.82, 2.24) is 5.32 Å². The van der Waals surface area contributed by atoms with Crippen LogP contribution in [0.2, 0.25) is 0 Å². The number of carboxylic acids is 1. The van der Waals surface area contributed by atoms with Crippen molar-refractivity contribution in [2.75, 3.05) is 27.4 Å². The van der Waals surface area contributed by atoms with Crippen molar-refractivity contribution < 1.29 is 24.2 Å². The van der Waals surface area contributed by atoms with Gasteiger partial charge in [0.05, 0.1) is 18.6 Å². The lowest BCUT2D eigenvalue weighted by molar-refractivity contribution is -0.140. The SMILES string of the molecule is COCC(=O)NC(C)(COC)CC(=O)O. The number of nitrogens with one attached hydrogen (secondary N) is 1. The van der Waals surface area contributed by atoms with E-state index in [9.17, 15) is 9.59 Å². The van der Waals surface area contributed by atoms with Crippen molar-refractivity contribution in [1.29, 1.82) is 0 Å². The van der Waals surface area contributed by atoms with E-state index in [-0.39, 0.29) is 25.5 Å². The molecule has 0 aliphatic carbocycles. The lowest BCUT2D eigenvalue weighted by Gasteiger charge is -2.28. The summed E-state index contributed by atoms with van der Waals surface area (Å²) in [6, 6.07) is 0. The number of rotatable bonds is 7. The third kappa shape index (κ3) is 6.03. The minimum Gasteiger partial charge on any atom is -0.481 e. The normalized spacial score (nSPS) is 14.3. The zero-order valence-corrected chi connectivity index (χ0v) is 9.20. The number of aliphatic carboxylic acids is 1. The van der Waals surface area contributed by atoms with Gasteiger partial charge in [0, 0.05) is 14.2 Å². The summed E-state index contributed by atoms with van der Waals surface area (Å²) in [5.41, 5.74) is -0.907. The average Bonchev–Trinajstić information content (AvgIpc) is 2.01. The fourth-order valence-corrected chi connectivity index (χ4v) is 1.29. The Morgan fingerprint density at radius 3 is 2.33 bits per heavy atom. The first-order chi connectivity index (χ1) is 6.93. The van der Waals surface area contributed by atoms with Gasteiger partial charge in [-0.2, -0.15) is 0 Å². The molecule has 0 rings (SSSR count). The molecule has 0 spiro atoms. The molecule has 88 valence electrons. The Bertz CT molecular complexity index is 231. The summed E-state index contributed by atoms with van der Waals surface area (Å²) < 4.78 is 9.50. The van der Waals surface area contributed by atoms with E-state index >= 15 is 0 Å². The first-order valence-electron chi connectivity index (χ1n) is 4.44. The molecule has 0 aliphatic rings. The van der Waals surface area contributed by atoms with Crippen molar-refractivity contribution in [3.05, 3.63) is 0 Å². The Labute approximate surface area is 88.6 Å². The first kappa shape index (κ1) is 13.9. The summed E-state index contributed by atoms with van der Waals surface area (Å²) in [5.74, 6) is -1.36. The molecular weight excluding hydrogens is 202 g/mol. The Balaban J connectivity index is 4.35. The maximum absolute atomic E-state index is 11.2. The summed E-state index contributed by atoms with van der Waals surface area (Å²) >= 11 is 0. The van der Waals surface area contributed by atoms with Gasteiger partial charge >= 0.3 is 5.97 Å². The van der Waals surface area contributed by atoms with Crippen molar-refractivity contribution in [2.45, 2.75) is 18.9 Å². The topological polar surface area (TPSA) is 84.9 Å². The van der Waals surface area contributed by atoms with E-state index in [1.54, 1.807) is 6.92 Å². The minimum atomic E-state index is -0.993.